The second kappa shape index (κ2) is 5.12. The second-order valence-corrected chi connectivity index (χ2v) is 5.51. The van der Waals surface area contributed by atoms with Crippen LogP contribution in [0.2, 0.25) is 0 Å². The first kappa shape index (κ1) is 12.7. The van der Waals surface area contributed by atoms with E-state index in [0.29, 0.717) is 12.8 Å². The van der Waals surface area contributed by atoms with Gasteiger partial charge in [-0.1, -0.05) is 12.1 Å². The minimum Gasteiger partial charge on any atom is -0.469 e. The Morgan fingerprint density at radius 2 is 1.81 bits per heavy atom. The van der Waals surface area contributed by atoms with E-state index in [1.54, 1.807) is 24.3 Å². The zero-order chi connectivity index (χ0) is 12.2. The minimum atomic E-state index is -3.15. The summed E-state index contributed by atoms with van der Waals surface area (Å²) in [4.78, 5) is 11.2. The molecule has 0 aliphatic heterocycles. The Morgan fingerprint density at radius 3 is 2.25 bits per heavy atom. The first-order valence-corrected chi connectivity index (χ1v) is 6.68. The molecule has 0 saturated heterocycles. The molecule has 0 unspecified atom stereocenters. The van der Waals surface area contributed by atoms with E-state index in [-0.39, 0.29) is 10.9 Å². The van der Waals surface area contributed by atoms with Crippen LogP contribution in [0.1, 0.15) is 12.0 Å². The predicted octanol–water partition coefficient (Wildman–Crippen LogP) is 1.20. The highest BCUT2D eigenvalue weighted by molar-refractivity contribution is 7.90. The molecular weight excluding hydrogens is 228 g/mol. The molecule has 0 N–H and O–H groups in total. The molecule has 0 radical (unpaired) electrons. The highest BCUT2D eigenvalue weighted by Crippen LogP contribution is 2.11. The topological polar surface area (TPSA) is 60.4 Å². The SMILES string of the molecule is COC(=O)CCc1ccc(S(C)(=O)=O)cc1. The Labute approximate surface area is 95.2 Å². The summed E-state index contributed by atoms with van der Waals surface area (Å²) < 4.78 is 26.9. The smallest absolute Gasteiger partial charge is 0.305 e. The van der Waals surface area contributed by atoms with Crippen LogP contribution in [0.3, 0.4) is 0 Å². The molecule has 1 aromatic rings. The lowest BCUT2D eigenvalue weighted by Gasteiger charge is -2.02. The third-order valence-corrected chi connectivity index (χ3v) is 3.33. The highest BCUT2D eigenvalue weighted by atomic mass is 32.2. The second-order valence-electron chi connectivity index (χ2n) is 3.49. The molecule has 16 heavy (non-hydrogen) atoms. The van der Waals surface area contributed by atoms with Crippen LogP contribution in [0.15, 0.2) is 29.2 Å². The molecule has 0 spiro atoms. The summed E-state index contributed by atoms with van der Waals surface area (Å²) >= 11 is 0. The van der Waals surface area contributed by atoms with Crippen molar-refractivity contribution in [3.8, 4) is 0 Å². The van der Waals surface area contributed by atoms with Gasteiger partial charge >= 0.3 is 5.97 Å². The molecule has 0 aliphatic rings. The van der Waals surface area contributed by atoms with Crippen LogP contribution in [-0.4, -0.2) is 27.8 Å². The van der Waals surface area contributed by atoms with Gasteiger partial charge in [0.25, 0.3) is 0 Å². The lowest BCUT2D eigenvalue weighted by molar-refractivity contribution is -0.140. The summed E-state index contributed by atoms with van der Waals surface area (Å²) in [6.45, 7) is 0. The zero-order valence-electron chi connectivity index (χ0n) is 9.26. The molecule has 4 nitrogen and oxygen atoms in total. The number of carbonyl (C=O) groups is 1. The van der Waals surface area contributed by atoms with Gasteiger partial charge in [-0.25, -0.2) is 8.42 Å². The van der Waals surface area contributed by atoms with Crippen LogP contribution in [0, 0.1) is 0 Å². The molecule has 0 atom stereocenters. The number of hydrogen-bond donors (Lipinski definition) is 0. The maximum absolute atomic E-state index is 11.2. The third-order valence-electron chi connectivity index (χ3n) is 2.20. The molecule has 0 saturated carbocycles. The first-order chi connectivity index (χ1) is 7.43. The number of rotatable bonds is 4. The number of methoxy groups -OCH3 is 1. The number of hydrogen-bond acceptors (Lipinski definition) is 4. The number of esters is 1. The van der Waals surface area contributed by atoms with Gasteiger partial charge < -0.3 is 4.74 Å². The quantitative estimate of drug-likeness (QED) is 0.744. The van der Waals surface area contributed by atoms with Crippen LogP contribution in [-0.2, 0) is 25.8 Å². The van der Waals surface area contributed by atoms with Crippen LogP contribution >= 0.6 is 0 Å². The fraction of sp³-hybridized carbons (Fsp3) is 0.364. The number of carbonyl (C=O) groups excluding carboxylic acids is 1. The van der Waals surface area contributed by atoms with Gasteiger partial charge in [-0.15, -0.1) is 0 Å². The summed E-state index contributed by atoms with van der Waals surface area (Å²) in [5, 5.41) is 0. The van der Waals surface area contributed by atoms with Crippen molar-refractivity contribution in [1.82, 2.24) is 0 Å². The monoisotopic (exact) mass is 242 g/mol. The van der Waals surface area contributed by atoms with Crippen molar-refractivity contribution in [2.24, 2.45) is 0 Å². The average molecular weight is 242 g/mol. The van der Waals surface area contributed by atoms with E-state index < -0.39 is 9.84 Å². The van der Waals surface area contributed by atoms with Crippen molar-refractivity contribution in [3.63, 3.8) is 0 Å². The summed E-state index contributed by atoms with van der Waals surface area (Å²) in [5.74, 6) is -0.271. The van der Waals surface area contributed by atoms with Gasteiger partial charge in [0.15, 0.2) is 9.84 Å². The average Bonchev–Trinajstić information content (AvgIpc) is 2.25. The van der Waals surface area contributed by atoms with Gasteiger partial charge in [-0.05, 0) is 24.1 Å². The summed E-state index contributed by atoms with van der Waals surface area (Å²) in [5.41, 5.74) is 0.915. The number of sulfone groups is 1. The van der Waals surface area contributed by atoms with Crippen molar-refractivity contribution >= 4 is 15.8 Å². The summed E-state index contributed by atoms with van der Waals surface area (Å²) in [6.07, 6.45) is 2.02. The van der Waals surface area contributed by atoms with E-state index in [1.165, 1.54) is 7.11 Å². The molecule has 88 valence electrons. The predicted molar refractivity (Wildman–Crippen MR) is 59.9 cm³/mol. The van der Waals surface area contributed by atoms with Crippen molar-refractivity contribution < 1.29 is 17.9 Å². The minimum absolute atomic E-state index is 0.271. The van der Waals surface area contributed by atoms with E-state index in [1.807, 2.05) is 0 Å². The molecular formula is C11H14O4S. The van der Waals surface area contributed by atoms with E-state index in [0.717, 1.165) is 11.8 Å². The van der Waals surface area contributed by atoms with Gasteiger partial charge in [0, 0.05) is 12.7 Å². The van der Waals surface area contributed by atoms with Gasteiger partial charge in [-0.2, -0.15) is 0 Å². The molecule has 5 heteroatoms. The van der Waals surface area contributed by atoms with Crippen molar-refractivity contribution in [2.75, 3.05) is 13.4 Å². The van der Waals surface area contributed by atoms with Crippen LogP contribution in [0.5, 0.6) is 0 Å². The maximum Gasteiger partial charge on any atom is 0.305 e. The molecule has 0 bridgehead atoms. The molecule has 0 fully saturated rings. The lowest BCUT2D eigenvalue weighted by Crippen LogP contribution is -2.02. The Bertz CT molecular complexity index is 459. The van der Waals surface area contributed by atoms with Gasteiger partial charge in [0.1, 0.15) is 0 Å². The van der Waals surface area contributed by atoms with E-state index >= 15 is 0 Å². The molecule has 1 rings (SSSR count). The Balaban J connectivity index is 2.69. The van der Waals surface area contributed by atoms with Crippen LogP contribution in [0.4, 0.5) is 0 Å². The normalized spacial score (nSPS) is 11.1. The summed E-state index contributed by atoms with van der Waals surface area (Å²) in [6, 6.07) is 6.50. The summed E-state index contributed by atoms with van der Waals surface area (Å²) in [7, 11) is -1.80. The van der Waals surface area contributed by atoms with E-state index in [2.05, 4.69) is 4.74 Å². The third kappa shape index (κ3) is 3.66. The lowest BCUT2D eigenvalue weighted by atomic mass is 10.1. The highest BCUT2D eigenvalue weighted by Gasteiger charge is 2.06. The van der Waals surface area contributed by atoms with Gasteiger partial charge in [-0.3, -0.25) is 4.79 Å². The van der Waals surface area contributed by atoms with Crippen molar-refractivity contribution in [3.05, 3.63) is 29.8 Å². The van der Waals surface area contributed by atoms with E-state index in [4.69, 9.17) is 0 Å². The van der Waals surface area contributed by atoms with E-state index in [9.17, 15) is 13.2 Å². The standard InChI is InChI=1S/C11H14O4S/c1-15-11(12)8-5-9-3-6-10(7-4-9)16(2,13)14/h3-4,6-7H,5,8H2,1-2H3. The fourth-order valence-corrected chi connectivity index (χ4v) is 1.88. The Hall–Kier alpha value is -1.36. The van der Waals surface area contributed by atoms with Gasteiger partial charge in [0.2, 0.25) is 0 Å². The van der Waals surface area contributed by atoms with Crippen LogP contribution in [0.25, 0.3) is 0 Å². The fourth-order valence-electron chi connectivity index (χ4n) is 1.25. The van der Waals surface area contributed by atoms with Gasteiger partial charge in [0.05, 0.1) is 12.0 Å². The van der Waals surface area contributed by atoms with Crippen molar-refractivity contribution in [2.45, 2.75) is 17.7 Å². The largest absolute Gasteiger partial charge is 0.469 e. The zero-order valence-corrected chi connectivity index (χ0v) is 10.1. The number of ether oxygens (including phenoxy) is 1. The number of aryl methyl sites for hydroxylation is 1. The molecule has 0 aliphatic carbocycles. The first-order valence-electron chi connectivity index (χ1n) is 4.79. The van der Waals surface area contributed by atoms with Crippen molar-refractivity contribution in [1.29, 1.82) is 0 Å². The molecule has 1 aromatic carbocycles. The molecule has 0 aromatic heterocycles. The Kier molecular flexibility index (Phi) is 4.06. The maximum atomic E-state index is 11.2. The Morgan fingerprint density at radius 1 is 1.25 bits per heavy atom. The molecule has 0 amide bonds. The number of benzene rings is 1. The molecule has 0 heterocycles. The van der Waals surface area contributed by atoms with Crippen LogP contribution < -0.4 is 0 Å².